The van der Waals surface area contributed by atoms with Gasteiger partial charge >= 0.3 is 0 Å². The molecule has 1 fully saturated rings. The molecule has 2 aromatic rings. The minimum atomic E-state index is -0.799. The topological polar surface area (TPSA) is 20.3 Å². The normalized spacial score (nSPS) is 14.9. The molecule has 0 unspecified atom stereocenters. The fraction of sp³-hybridized carbons (Fsp3) is 0.381. The van der Waals surface area contributed by atoms with E-state index in [1.54, 1.807) is 0 Å². The average Bonchev–Trinajstić information content (AvgIpc) is 2.57. The van der Waals surface area contributed by atoms with Crippen molar-refractivity contribution in [3.63, 3.8) is 0 Å². The van der Waals surface area contributed by atoms with E-state index in [0.717, 1.165) is 37.2 Å². The zero-order valence-electron chi connectivity index (χ0n) is 15.3. The molecule has 0 radical (unpaired) electrons. The standard InChI is InChI=1S/C21H23F2NO.2ClH/c1-24-10-8-15(9-11-24)12-16-4-2-5-17(13-16)14-20(25)21-18(22)6-3-7-19(21)23;;/h2-7,13,15H,8-12,14H2,1H3;2*1H. The SMILES string of the molecule is CN1CCC(Cc2cccc(CC(=O)c3c(F)cccc3F)c2)CC1.Cl.Cl. The van der Waals surface area contributed by atoms with Gasteiger partial charge in [0.15, 0.2) is 5.78 Å². The lowest BCUT2D eigenvalue weighted by Crippen LogP contribution is -2.30. The highest BCUT2D eigenvalue weighted by Gasteiger charge is 2.19. The number of carbonyl (C=O) groups excluding carboxylic acids is 1. The molecule has 0 saturated carbocycles. The molecular formula is C21H25Cl2F2NO. The van der Waals surface area contributed by atoms with Crippen LogP contribution in [0.2, 0.25) is 0 Å². The van der Waals surface area contributed by atoms with Gasteiger partial charge in [-0.15, -0.1) is 24.8 Å². The Hall–Kier alpha value is -1.49. The molecule has 1 aliphatic rings. The summed E-state index contributed by atoms with van der Waals surface area (Å²) in [7, 11) is 2.14. The summed E-state index contributed by atoms with van der Waals surface area (Å²) in [5.74, 6) is -1.46. The van der Waals surface area contributed by atoms with E-state index in [1.807, 2.05) is 18.2 Å². The van der Waals surface area contributed by atoms with Crippen molar-refractivity contribution in [3.8, 4) is 0 Å². The molecule has 0 aliphatic carbocycles. The first-order chi connectivity index (χ1) is 12.0. The molecular weight excluding hydrogens is 391 g/mol. The van der Waals surface area contributed by atoms with Gasteiger partial charge in [0.25, 0.3) is 0 Å². The van der Waals surface area contributed by atoms with E-state index in [4.69, 9.17) is 0 Å². The smallest absolute Gasteiger partial charge is 0.173 e. The predicted molar refractivity (Wildman–Crippen MR) is 109 cm³/mol. The third kappa shape index (κ3) is 6.27. The van der Waals surface area contributed by atoms with Crippen LogP contribution in [-0.2, 0) is 12.8 Å². The van der Waals surface area contributed by atoms with Crippen molar-refractivity contribution in [2.75, 3.05) is 20.1 Å². The number of hydrogen-bond donors (Lipinski definition) is 0. The molecule has 0 spiro atoms. The van der Waals surface area contributed by atoms with Crippen LogP contribution in [0.1, 0.15) is 34.3 Å². The van der Waals surface area contributed by atoms with E-state index in [0.29, 0.717) is 5.92 Å². The Bertz CT molecular complexity index is 741. The summed E-state index contributed by atoms with van der Waals surface area (Å²) in [6, 6.07) is 11.3. The third-order valence-corrected chi connectivity index (χ3v) is 4.96. The van der Waals surface area contributed by atoms with E-state index in [-0.39, 0.29) is 31.2 Å². The molecule has 1 saturated heterocycles. The van der Waals surface area contributed by atoms with Gasteiger partial charge in [0.05, 0.1) is 5.56 Å². The highest BCUT2D eigenvalue weighted by molar-refractivity contribution is 5.98. The quantitative estimate of drug-likeness (QED) is 0.631. The van der Waals surface area contributed by atoms with E-state index in [2.05, 4.69) is 18.0 Å². The molecule has 0 amide bonds. The van der Waals surface area contributed by atoms with Crippen LogP contribution in [-0.4, -0.2) is 30.8 Å². The maximum Gasteiger partial charge on any atom is 0.173 e. The molecule has 27 heavy (non-hydrogen) atoms. The molecule has 2 aromatic carbocycles. The number of Topliss-reactive ketones (excluding diaryl/α,β-unsaturated/α-hetero) is 1. The number of nitrogens with zero attached hydrogens (tertiary/aromatic N) is 1. The number of hydrogen-bond acceptors (Lipinski definition) is 2. The number of benzene rings is 2. The molecule has 6 heteroatoms. The van der Waals surface area contributed by atoms with Crippen LogP contribution in [0.15, 0.2) is 42.5 Å². The van der Waals surface area contributed by atoms with Gasteiger partial charge in [-0.3, -0.25) is 4.79 Å². The number of piperidine rings is 1. The Morgan fingerprint density at radius 1 is 1.00 bits per heavy atom. The summed E-state index contributed by atoms with van der Waals surface area (Å²) in [4.78, 5) is 14.6. The van der Waals surface area contributed by atoms with Gasteiger partial charge in [-0.05, 0) is 68.6 Å². The van der Waals surface area contributed by atoms with Crippen molar-refractivity contribution >= 4 is 30.6 Å². The van der Waals surface area contributed by atoms with Gasteiger partial charge in [-0.25, -0.2) is 8.78 Å². The summed E-state index contributed by atoms with van der Waals surface area (Å²) >= 11 is 0. The second-order valence-electron chi connectivity index (χ2n) is 6.97. The maximum atomic E-state index is 13.8. The minimum absolute atomic E-state index is 0. The van der Waals surface area contributed by atoms with Crippen LogP contribution in [0.5, 0.6) is 0 Å². The minimum Gasteiger partial charge on any atom is -0.306 e. The number of likely N-dealkylation sites (tertiary alicyclic amines) is 1. The Kier molecular flexibility index (Phi) is 9.37. The first kappa shape index (κ1) is 23.5. The second kappa shape index (κ2) is 10.7. The molecule has 0 aromatic heterocycles. The van der Waals surface area contributed by atoms with Crippen molar-refractivity contribution in [1.82, 2.24) is 4.90 Å². The average molecular weight is 416 g/mol. The first-order valence-corrected chi connectivity index (χ1v) is 8.76. The van der Waals surface area contributed by atoms with E-state index in [1.165, 1.54) is 24.5 Å². The maximum absolute atomic E-state index is 13.8. The van der Waals surface area contributed by atoms with Crippen LogP contribution in [0, 0.1) is 17.6 Å². The molecule has 0 atom stereocenters. The summed E-state index contributed by atoms with van der Waals surface area (Å²) < 4.78 is 27.5. The largest absolute Gasteiger partial charge is 0.306 e. The van der Waals surface area contributed by atoms with E-state index in [9.17, 15) is 13.6 Å². The summed E-state index contributed by atoms with van der Waals surface area (Å²) in [6.45, 7) is 2.24. The van der Waals surface area contributed by atoms with Crippen LogP contribution < -0.4 is 0 Å². The molecule has 0 N–H and O–H groups in total. The van der Waals surface area contributed by atoms with Gasteiger partial charge < -0.3 is 4.90 Å². The van der Waals surface area contributed by atoms with Gasteiger partial charge in [-0.1, -0.05) is 30.3 Å². The lowest BCUT2D eigenvalue weighted by Gasteiger charge is -2.29. The van der Waals surface area contributed by atoms with Gasteiger partial charge in [-0.2, -0.15) is 0 Å². The van der Waals surface area contributed by atoms with Gasteiger partial charge in [0.2, 0.25) is 0 Å². The van der Waals surface area contributed by atoms with E-state index >= 15 is 0 Å². The van der Waals surface area contributed by atoms with Crippen LogP contribution in [0.4, 0.5) is 8.78 Å². The van der Waals surface area contributed by atoms with Crippen molar-refractivity contribution < 1.29 is 13.6 Å². The Morgan fingerprint density at radius 2 is 1.56 bits per heavy atom. The third-order valence-electron chi connectivity index (χ3n) is 4.96. The van der Waals surface area contributed by atoms with Gasteiger partial charge in [0, 0.05) is 6.42 Å². The molecule has 3 rings (SSSR count). The van der Waals surface area contributed by atoms with E-state index < -0.39 is 23.0 Å². The highest BCUT2D eigenvalue weighted by Crippen LogP contribution is 2.22. The predicted octanol–water partition coefficient (Wildman–Crippen LogP) is 5.12. The fourth-order valence-corrected chi connectivity index (χ4v) is 3.50. The Labute approximate surface area is 171 Å². The van der Waals surface area contributed by atoms with Gasteiger partial charge in [0.1, 0.15) is 11.6 Å². The molecule has 1 heterocycles. The zero-order chi connectivity index (χ0) is 17.8. The van der Waals surface area contributed by atoms with Crippen LogP contribution in [0.3, 0.4) is 0 Å². The number of halogens is 4. The first-order valence-electron chi connectivity index (χ1n) is 8.76. The van der Waals surface area contributed by atoms with Crippen molar-refractivity contribution in [3.05, 3.63) is 70.8 Å². The van der Waals surface area contributed by atoms with Crippen molar-refractivity contribution in [1.29, 1.82) is 0 Å². The summed E-state index contributed by atoms with van der Waals surface area (Å²) in [6.07, 6.45) is 3.36. The van der Waals surface area contributed by atoms with Crippen molar-refractivity contribution in [2.45, 2.75) is 25.7 Å². The molecule has 2 nitrogen and oxygen atoms in total. The van der Waals surface area contributed by atoms with Crippen LogP contribution >= 0.6 is 24.8 Å². The molecule has 1 aliphatic heterocycles. The zero-order valence-corrected chi connectivity index (χ0v) is 16.9. The number of carbonyl (C=O) groups is 1. The monoisotopic (exact) mass is 415 g/mol. The fourth-order valence-electron chi connectivity index (χ4n) is 3.50. The van der Waals surface area contributed by atoms with Crippen LogP contribution in [0.25, 0.3) is 0 Å². The summed E-state index contributed by atoms with van der Waals surface area (Å²) in [5, 5.41) is 0. The highest BCUT2D eigenvalue weighted by atomic mass is 35.5. The second-order valence-corrected chi connectivity index (χ2v) is 6.97. The lowest BCUT2D eigenvalue weighted by molar-refractivity contribution is 0.0985. The summed E-state index contributed by atoms with van der Waals surface area (Å²) in [5.41, 5.74) is 1.55. The Morgan fingerprint density at radius 3 is 2.19 bits per heavy atom. The molecule has 0 bridgehead atoms. The van der Waals surface area contributed by atoms with Crippen molar-refractivity contribution in [2.24, 2.45) is 5.92 Å². The lowest BCUT2D eigenvalue weighted by atomic mass is 9.89. The Balaban J connectivity index is 0.00000182. The molecule has 148 valence electrons. The number of rotatable bonds is 5. The number of ketones is 1.